The zero-order valence-corrected chi connectivity index (χ0v) is 9.46. The Morgan fingerprint density at radius 1 is 1.38 bits per heavy atom. The van der Waals surface area contributed by atoms with Gasteiger partial charge in [0.25, 0.3) is 0 Å². The molecule has 0 aliphatic rings. The second-order valence-electron chi connectivity index (χ2n) is 3.68. The van der Waals surface area contributed by atoms with E-state index < -0.39 is 0 Å². The summed E-state index contributed by atoms with van der Waals surface area (Å²) in [7, 11) is 1.89. The fourth-order valence-corrected chi connectivity index (χ4v) is 1.49. The van der Waals surface area contributed by atoms with Crippen LogP contribution in [0.3, 0.4) is 0 Å². The summed E-state index contributed by atoms with van der Waals surface area (Å²) >= 11 is 0. The number of pyridine rings is 1. The Morgan fingerprint density at radius 3 is 2.75 bits per heavy atom. The van der Waals surface area contributed by atoms with Crippen LogP contribution in [0.2, 0.25) is 0 Å². The van der Waals surface area contributed by atoms with Crippen molar-refractivity contribution in [1.29, 1.82) is 0 Å². The van der Waals surface area contributed by atoms with Crippen LogP contribution in [0.25, 0.3) is 0 Å². The van der Waals surface area contributed by atoms with Crippen molar-refractivity contribution >= 4 is 0 Å². The monoisotopic (exact) mass is 217 g/mol. The zero-order chi connectivity index (χ0) is 11.4. The van der Waals surface area contributed by atoms with Crippen LogP contribution in [0.1, 0.15) is 24.4 Å². The smallest absolute Gasteiger partial charge is 0.140 e. The standard InChI is InChI=1S/C11H15N5/c1-9(10-3-5-12-6-4-10)13-7-11-14-8-15-16(11)2/h3-6,8-9,13H,7H2,1-2H3/t9-/m1/s1. The molecule has 2 heterocycles. The molecule has 0 aliphatic heterocycles. The highest BCUT2D eigenvalue weighted by atomic mass is 15.3. The molecule has 84 valence electrons. The van der Waals surface area contributed by atoms with Crippen LogP contribution in [-0.2, 0) is 13.6 Å². The molecule has 0 amide bonds. The molecule has 0 bridgehead atoms. The lowest BCUT2D eigenvalue weighted by atomic mass is 10.1. The molecule has 0 unspecified atom stereocenters. The zero-order valence-electron chi connectivity index (χ0n) is 9.46. The van der Waals surface area contributed by atoms with Crippen LogP contribution >= 0.6 is 0 Å². The van der Waals surface area contributed by atoms with E-state index in [0.717, 1.165) is 5.82 Å². The third-order valence-electron chi connectivity index (χ3n) is 2.58. The van der Waals surface area contributed by atoms with Crippen molar-refractivity contribution in [3.8, 4) is 0 Å². The van der Waals surface area contributed by atoms with Gasteiger partial charge in [-0.1, -0.05) is 0 Å². The highest BCUT2D eigenvalue weighted by Gasteiger charge is 2.06. The first-order valence-corrected chi connectivity index (χ1v) is 5.23. The van der Waals surface area contributed by atoms with E-state index >= 15 is 0 Å². The van der Waals surface area contributed by atoms with Crippen molar-refractivity contribution in [2.75, 3.05) is 0 Å². The largest absolute Gasteiger partial charge is 0.303 e. The average molecular weight is 217 g/mol. The van der Waals surface area contributed by atoms with Gasteiger partial charge in [0.05, 0.1) is 6.54 Å². The van der Waals surface area contributed by atoms with Gasteiger partial charge in [0.1, 0.15) is 12.2 Å². The highest BCUT2D eigenvalue weighted by molar-refractivity contribution is 5.13. The van der Waals surface area contributed by atoms with Gasteiger partial charge in [0.15, 0.2) is 0 Å². The first-order valence-electron chi connectivity index (χ1n) is 5.23. The predicted molar refractivity (Wildman–Crippen MR) is 60.5 cm³/mol. The molecule has 2 rings (SSSR count). The molecule has 0 fully saturated rings. The van der Waals surface area contributed by atoms with Crippen LogP contribution in [0.15, 0.2) is 30.9 Å². The van der Waals surface area contributed by atoms with Crippen LogP contribution in [0.5, 0.6) is 0 Å². The van der Waals surface area contributed by atoms with E-state index in [1.54, 1.807) is 23.4 Å². The number of hydrogen-bond donors (Lipinski definition) is 1. The van der Waals surface area contributed by atoms with E-state index in [1.807, 2.05) is 19.2 Å². The predicted octanol–water partition coefficient (Wildman–Crippen LogP) is 1.06. The molecule has 1 atom stereocenters. The summed E-state index contributed by atoms with van der Waals surface area (Å²) < 4.78 is 1.77. The van der Waals surface area contributed by atoms with Crippen LogP contribution in [0.4, 0.5) is 0 Å². The van der Waals surface area contributed by atoms with Crippen LogP contribution in [0, 0.1) is 0 Å². The topological polar surface area (TPSA) is 55.6 Å². The Balaban J connectivity index is 1.94. The van der Waals surface area contributed by atoms with Gasteiger partial charge in [0.2, 0.25) is 0 Å². The Labute approximate surface area is 94.5 Å². The van der Waals surface area contributed by atoms with Gasteiger partial charge in [-0.2, -0.15) is 5.10 Å². The molecule has 16 heavy (non-hydrogen) atoms. The van der Waals surface area contributed by atoms with Crippen LogP contribution < -0.4 is 5.32 Å². The van der Waals surface area contributed by atoms with E-state index in [1.165, 1.54) is 5.56 Å². The minimum atomic E-state index is 0.278. The molecule has 1 N–H and O–H groups in total. The van der Waals surface area contributed by atoms with Gasteiger partial charge in [-0.3, -0.25) is 9.67 Å². The van der Waals surface area contributed by atoms with Crippen molar-refractivity contribution < 1.29 is 0 Å². The third kappa shape index (κ3) is 2.43. The quantitative estimate of drug-likeness (QED) is 0.832. The van der Waals surface area contributed by atoms with Crippen molar-refractivity contribution in [1.82, 2.24) is 25.1 Å². The number of nitrogens with one attached hydrogen (secondary N) is 1. The van der Waals surface area contributed by atoms with E-state index in [4.69, 9.17) is 0 Å². The van der Waals surface area contributed by atoms with E-state index in [0.29, 0.717) is 6.54 Å². The molecule has 5 nitrogen and oxygen atoms in total. The number of hydrogen-bond acceptors (Lipinski definition) is 4. The van der Waals surface area contributed by atoms with Crippen LogP contribution in [-0.4, -0.2) is 19.7 Å². The summed E-state index contributed by atoms with van der Waals surface area (Å²) in [5, 5.41) is 7.41. The lowest BCUT2D eigenvalue weighted by Crippen LogP contribution is -2.20. The maximum absolute atomic E-state index is 4.16. The molecule has 2 aromatic rings. The number of aryl methyl sites for hydroxylation is 1. The molecule has 0 saturated heterocycles. The molecule has 0 aromatic carbocycles. The van der Waals surface area contributed by atoms with Gasteiger partial charge >= 0.3 is 0 Å². The summed E-state index contributed by atoms with van der Waals surface area (Å²) in [5.74, 6) is 0.931. The van der Waals surface area contributed by atoms with Gasteiger partial charge in [0, 0.05) is 25.5 Å². The Hall–Kier alpha value is -1.75. The Morgan fingerprint density at radius 2 is 2.12 bits per heavy atom. The third-order valence-corrected chi connectivity index (χ3v) is 2.58. The van der Waals surface area contributed by atoms with E-state index in [-0.39, 0.29) is 6.04 Å². The number of rotatable bonds is 4. The van der Waals surface area contributed by atoms with Gasteiger partial charge in [-0.05, 0) is 24.6 Å². The average Bonchev–Trinajstić information content (AvgIpc) is 2.73. The molecular formula is C11H15N5. The second-order valence-corrected chi connectivity index (χ2v) is 3.68. The molecule has 2 aromatic heterocycles. The van der Waals surface area contributed by atoms with Crippen molar-refractivity contribution in [3.63, 3.8) is 0 Å². The van der Waals surface area contributed by atoms with Gasteiger partial charge in [-0.25, -0.2) is 4.98 Å². The molecule has 0 saturated carbocycles. The molecule has 0 aliphatic carbocycles. The molecule has 5 heteroatoms. The summed E-state index contributed by atoms with van der Waals surface area (Å²) in [5.41, 5.74) is 1.22. The van der Waals surface area contributed by atoms with E-state index in [2.05, 4.69) is 27.3 Å². The lowest BCUT2D eigenvalue weighted by molar-refractivity contribution is 0.540. The maximum Gasteiger partial charge on any atom is 0.140 e. The molecular weight excluding hydrogens is 202 g/mol. The summed E-state index contributed by atoms with van der Waals surface area (Å²) in [6, 6.07) is 4.29. The minimum absolute atomic E-state index is 0.278. The van der Waals surface area contributed by atoms with Crippen molar-refractivity contribution in [2.24, 2.45) is 7.05 Å². The summed E-state index contributed by atoms with van der Waals surface area (Å²) in [6.45, 7) is 2.83. The van der Waals surface area contributed by atoms with Gasteiger partial charge < -0.3 is 5.32 Å². The summed E-state index contributed by atoms with van der Waals surface area (Å²) in [6.07, 6.45) is 5.17. The first kappa shape index (κ1) is 10.8. The van der Waals surface area contributed by atoms with Gasteiger partial charge in [-0.15, -0.1) is 0 Å². The molecule has 0 radical (unpaired) electrons. The Bertz CT molecular complexity index is 437. The second kappa shape index (κ2) is 4.85. The van der Waals surface area contributed by atoms with Crippen molar-refractivity contribution in [3.05, 3.63) is 42.2 Å². The SMILES string of the molecule is C[C@@H](NCc1ncnn1C)c1ccncc1. The number of aromatic nitrogens is 4. The number of nitrogens with zero attached hydrogens (tertiary/aromatic N) is 4. The summed E-state index contributed by atoms with van der Waals surface area (Å²) in [4.78, 5) is 8.16. The van der Waals surface area contributed by atoms with Crippen molar-refractivity contribution in [2.45, 2.75) is 19.5 Å². The molecule has 0 spiro atoms. The maximum atomic E-state index is 4.16. The Kier molecular flexibility index (Phi) is 3.26. The van der Waals surface area contributed by atoms with E-state index in [9.17, 15) is 0 Å². The minimum Gasteiger partial charge on any atom is -0.303 e. The first-order chi connectivity index (χ1) is 7.77. The fraction of sp³-hybridized carbons (Fsp3) is 0.364. The fourth-order valence-electron chi connectivity index (χ4n) is 1.49. The normalized spacial score (nSPS) is 12.6. The highest BCUT2D eigenvalue weighted by Crippen LogP contribution is 2.10. The lowest BCUT2D eigenvalue weighted by Gasteiger charge is -2.13.